The highest BCUT2D eigenvalue weighted by atomic mass is 16.1. The van der Waals surface area contributed by atoms with Crippen LogP contribution in [-0.4, -0.2) is 28.8 Å². The van der Waals surface area contributed by atoms with E-state index in [0.717, 1.165) is 53.7 Å². The van der Waals surface area contributed by atoms with E-state index in [1.807, 2.05) is 18.5 Å². The molecular weight excluding hydrogens is 310 g/mol. The van der Waals surface area contributed by atoms with Gasteiger partial charge >= 0.3 is 0 Å². The molecule has 0 unspecified atom stereocenters. The maximum Gasteiger partial charge on any atom is 0.164 e. The minimum Gasteiger partial charge on any atom is -0.346 e. The average molecular weight is 331 g/mol. The summed E-state index contributed by atoms with van der Waals surface area (Å²) in [6, 6.07) is 8.55. The zero-order valence-corrected chi connectivity index (χ0v) is 14.4. The number of fused-ring (bicyclic) bond motifs is 3. The second-order valence-electron chi connectivity index (χ2n) is 7.50. The smallest absolute Gasteiger partial charge is 0.164 e. The van der Waals surface area contributed by atoms with Gasteiger partial charge in [0.2, 0.25) is 0 Å². The van der Waals surface area contributed by atoms with Crippen molar-refractivity contribution < 1.29 is 4.79 Å². The maximum absolute atomic E-state index is 12.6. The summed E-state index contributed by atoms with van der Waals surface area (Å²) in [6.07, 6.45) is 6.67. The Morgan fingerprint density at radius 2 is 1.96 bits per heavy atom. The van der Waals surface area contributed by atoms with Crippen LogP contribution >= 0.6 is 0 Å². The van der Waals surface area contributed by atoms with Crippen LogP contribution in [0.3, 0.4) is 0 Å². The van der Waals surface area contributed by atoms with Crippen LogP contribution in [0.2, 0.25) is 0 Å². The van der Waals surface area contributed by atoms with Gasteiger partial charge in [-0.25, -0.2) is 4.98 Å². The van der Waals surface area contributed by atoms with Crippen LogP contribution < -0.4 is 5.32 Å². The Morgan fingerprint density at radius 1 is 1.12 bits per heavy atom. The number of aromatic amines is 1. The van der Waals surface area contributed by atoms with E-state index in [0.29, 0.717) is 12.2 Å². The van der Waals surface area contributed by atoms with E-state index in [4.69, 9.17) is 0 Å². The number of hydrogen-bond acceptors (Lipinski definition) is 3. The fraction of sp³-hybridized carbons (Fsp3) is 0.333. The summed E-state index contributed by atoms with van der Waals surface area (Å²) in [4.78, 5) is 20.3. The number of benzene rings is 1. The number of Topliss-reactive ketones (excluding diaryl/α,β-unsaturated/α-hetero) is 1. The Hall–Kier alpha value is -2.46. The van der Waals surface area contributed by atoms with Crippen molar-refractivity contribution in [1.29, 1.82) is 0 Å². The topological polar surface area (TPSA) is 57.8 Å². The number of nitrogens with zero attached hydrogens (tertiary/aromatic N) is 1. The highest BCUT2D eigenvalue weighted by molar-refractivity contribution is 6.03. The third-order valence-electron chi connectivity index (χ3n) is 5.93. The second kappa shape index (κ2) is 5.27. The van der Waals surface area contributed by atoms with Crippen molar-refractivity contribution in [2.45, 2.75) is 31.6 Å². The number of piperidine rings is 1. The molecule has 0 radical (unpaired) electrons. The molecule has 1 spiro atoms. The molecular formula is C21H21N3O. The quantitative estimate of drug-likeness (QED) is 0.714. The van der Waals surface area contributed by atoms with Gasteiger partial charge < -0.3 is 10.3 Å². The number of pyridine rings is 1. The molecule has 1 aromatic carbocycles. The van der Waals surface area contributed by atoms with Gasteiger partial charge in [0, 0.05) is 40.7 Å². The van der Waals surface area contributed by atoms with E-state index in [9.17, 15) is 4.79 Å². The van der Waals surface area contributed by atoms with Crippen molar-refractivity contribution in [3.8, 4) is 11.1 Å². The lowest BCUT2D eigenvalue weighted by molar-refractivity contribution is 0.0964. The molecule has 1 aliphatic carbocycles. The Kier molecular flexibility index (Phi) is 3.13. The lowest BCUT2D eigenvalue weighted by atomic mass is 9.74. The van der Waals surface area contributed by atoms with Gasteiger partial charge in [0.05, 0.1) is 0 Å². The number of nitrogens with one attached hydrogen (secondary N) is 2. The lowest BCUT2D eigenvalue weighted by Gasteiger charge is -2.34. The summed E-state index contributed by atoms with van der Waals surface area (Å²) in [5.41, 5.74) is 6.62. The number of aryl methyl sites for hydroxylation is 1. The number of ketones is 1. The molecule has 1 fully saturated rings. The Morgan fingerprint density at radius 3 is 2.80 bits per heavy atom. The molecule has 25 heavy (non-hydrogen) atoms. The summed E-state index contributed by atoms with van der Waals surface area (Å²) in [5, 5.41) is 4.57. The van der Waals surface area contributed by atoms with Crippen molar-refractivity contribution in [2.24, 2.45) is 0 Å². The fourth-order valence-electron chi connectivity index (χ4n) is 4.59. The van der Waals surface area contributed by atoms with Crippen LogP contribution in [0.15, 0.2) is 36.7 Å². The summed E-state index contributed by atoms with van der Waals surface area (Å²) in [6.45, 7) is 4.05. The minimum atomic E-state index is 0.0357. The van der Waals surface area contributed by atoms with Gasteiger partial charge in [-0.2, -0.15) is 0 Å². The first-order valence-electron chi connectivity index (χ1n) is 8.99. The zero-order chi connectivity index (χ0) is 17.0. The summed E-state index contributed by atoms with van der Waals surface area (Å²) < 4.78 is 0. The van der Waals surface area contributed by atoms with Gasteiger partial charge in [-0.05, 0) is 61.7 Å². The number of carbonyl (C=O) groups excluding carboxylic acids is 1. The molecule has 0 saturated carbocycles. The Bertz CT molecular complexity index is 996. The standard InChI is InChI=1S/C21H21N3O/c1-13-8-16-17(12-24-20(16)23-11-13)14-2-3-15-18(9-14)21(10-19(15)25)4-6-22-7-5-21/h2-3,8-9,11-12,22H,4-7,10H2,1H3,(H,23,24). The van der Waals surface area contributed by atoms with Gasteiger partial charge in [0.25, 0.3) is 0 Å². The van der Waals surface area contributed by atoms with Crippen molar-refractivity contribution in [3.05, 3.63) is 53.3 Å². The minimum absolute atomic E-state index is 0.0357. The van der Waals surface area contributed by atoms with Crippen LogP contribution in [0.4, 0.5) is 0 Å². The largest absolute Gasteiger partial charge is 0.346 e. The lowest BCUT2D eigenvalue weighted by Crippen LogP contribution is -2.38. The molecule has 1 saturated heterocycles. The fourth-order valence-corrected chi connectivity index (χ4v) is 4.59. The molecule has 0 atom stereocenters. The average Bonchev–Trinajstić information content (AvgIpc) is 3.15. The van der Waals surface area contributed by atoms with E-state index >= 15 is 0 Å². The highest BCUT2D eigenvalue weighted by Gasteiger charge is 2.43. The zero-order valence-electron chi connectivity index (χ0n) is 14.4. The van der Waals surface area contributed by atoms with E-state index in [2.05, 4.69) is 40.4 Å². The normalized spacial score (nSPS) is 18.8. The molecule has 4 heteroatoms. The van der Waals surface area contributed by atoms with Crippen LogP contribution in [0.25, 0.3) is 22.2 Å². The first kappa shape index (κ1) is 14.8. The molecule has 1 aliphatic heterocycles. The van der Waals surface area contributed by atoms with Gasteiger partial charge in [0.15, 0.2) is 5.78 Å². The van der Waals surface area contributed by atoms with Crippen molar-refractivity contribution in [1.82, 2.24) is 15.3 Å². The highest BCUT2D eigenvalue weighted by Crippen LogP contribution is 2.46. The first-order valence-corrected chi connectivity index (χ1v) is 8.99. The van der Waals surface area contributed by atoms with E-state index in [-0.39, 0.29) is 5.41 Å². The summed E-state index contributed by atoms with van der Waals surface area (Å²) in [5.74, 6) is 0.305. The maximum atomic E-state index is 12.6. The predicted octanol–water partition coefficient (Wildman–Crippen LogP) is 3.75. The second-order valence-corrected chi connectivity index (χ2v) is 7.50. The van der Waals surface area contributed by atoms with Crippen molar-refractivity contribution >= 4 is 16.8 Å². The molecule has 0 amide bonds. The van der Waals surface area contributed by atoms with E-state index in [1.165, 1.54) is 11.1 Å². The van der Waals surface area contributed by atoms with Gasteiger partial charge in [-0.1, -0.05) is 12.1 Å². The third-order valence-corrected chi connectivity index (χ3v) is 5.93. The van der Waals surface area contributed by atoms with Crippen LogP contribution in [0.1, 0.15) is 40.7 Å². The Balaban J connectivity index is 1.68. The molecule has 2 aliphatic rings. The third kappa shape index (κ3) is 2.17. The predicted molar refractivity (Wildman–Crippen MR) is 99.0 cm³/mol. The Labute approximate surface area is 146 Å². The molecule has 3 aromatic rings. The van der Waals surface area contributed by atoms with Gasteiger partial charge in [-0.3, -0.25) is 4.79 Å². The monoisotopic (exact) mass is 331 g/mol. The number of rotatable bonds is 1. The number of carbonyl (C=O) groups is 1. The van der Waals surface area contributed by atoms with E-state index < -0.39 is 0 Å². The van der Waals surface area contributed by atoms with Crippen molar-refractivity contribution in [3.63, 3.8) is 0 Å². The van der Waals surface area contributed by atoms with E-state index in [1.54, 1.807) is 0 Å². The number of H-pyrrole nitrogens is 1. The van der Waals surface area contributed by atoms with Crippen molar-refractivity contribution in [2.75, 3.05) is 13.1 Å². The molecule has 126 valence electrons. The number of hydrogen-bond donors (Lipinski definition) is 2. The van der Waals surface area contributed by atoms with Gasteiger partial charge in [0.1, 0.15) is 5.65 Å². The summed E-state index contributed by atoms with van der Waals surface area (Å²) in [7, 11) is 0. The number of aromatic nitrogens is 2. The molecule has 5 rings (SSSR count). The molecule has 0 bridgehead atoms. The molecule has 2 aromatic heterocycles. The molecule has 4 nitrogen and oxygen atoms in total. The SMILES string of the molecule is Cc1cnc2[nH]cc(-c3ccc4c(c3)C3(CCNCC3)CC4=O)c2c1. The van der Waals surface area contributed by atoms with Gasteiger partial charge in [-0.15, -0.1) is 0 Å². The first-order chi connectivity index (χ1) is 12.2. The molecule has 3 heterocycles. The van der Waals surface area contributed by atoms with Crippen LogP contribution in [0, 0.1) is 6.92 Å². The van der Waals surface area contributed by atoms with Crippen LogP contribution in [-0.2, 0) is 5.41 Å². The van der Waals surface area contributed by atoms with Crippen LogP contribution in [0.5, 0.6) is 0 Å². The molecule has 2 N–H and O–H groups in total. The summed E-state index contributed by atoms with van der Waals surface area (Å²) >= 11 is 0.